The summed E-state index contributed by atoms with van der Waals surface area (Å²) in [5, 5.41) is 3.32. The quantitative estimate of drug-likeness (QED) is 0.543. The zero-order valence-corrected chi connectivity index (χ0v) is 12.2. The molecule has 1 heterocycles. The molecule has 0 aliphatic carbocycles. The molecule has 1 N–H and O–H groups in total. The Morgan fingerprint density at radius 2 is 1.67 bits per heavy atom. The third-order valence-electron chi connectivity index (χ3n) is 4.12. The predicted octanol–water partition coefficient (Wildman–Crippen LogP) is 5.00. The predicted molar refractivity (Wildman–Crippen MR) is 77.8 cm³/mol. The van der Waals surface area contributed by atoms with Crippen LogP contribution in [0, 0.1) is 0 Å². The second-order valence-electron chi connectivity index (χ2n) is 5.84. The largest absolute Gasteiger partial charge is 0.311 e. The number of alkyl halides is 1. The van der Waals surface area contributed by atoms with Gasteiger partial charge < -0.3 is 5.32 Å². The molecule has 2 heteroatoms. The maximum atomic E-state index is 13.9. The molecular weight excluding hydrogens is 225 g/mol. The maximum absolute atomic E-state index is 13.9. The molecule has 1 nitrogen and oxygen atoms in total. The second-order valence-corrected chi connectivity index (χ2v) is 5.84. The van der Waals surface area contributed by atoms with E-state index in [4.69, 9.17) is 0 Å². The van der Waals surface area contributed by atoms with Crippen LogP contribution in [0.2, 0.25) is 0 Å². The van der Waals surface area contributed by atoms with E-state index in [0.717, 1.165) is 25.8 Å². The molecule has 0 saturated carbocycles. The van der Waals surface area contributed by atoms with E-state index in [0.29, 0.717) is 0 Å². The monoisotopic (exact) mass is 257 g/mol. The van der Waals surface area contributed by atoms with Crippen LogP contribution < -0.4 is 5.32 Å². The van der Waals surface area contributed by atoms with Crippen LogP contribution in [0.15, 0.2) is 0 Å². The van der Waals surface area contributed by atoms with Crippen molar-refractivity contribution < 1.29 is 4.39 Å². The molecule has 18 heavy (non-hydrogen) atoms. The molecule has 1 saturated heterocycles. The van der Waals surface area contributed by atoms with Crippen LogP contribution in [0.1, 0.15) is 84.0 Å². The summed E-state index contributed by atoms with van der Waals surface area (Å²) in [5.74, 6) is 0. The summed E-state index contributed by atoms with van der Waals surface area (Å²) in [6, 6.07) is 0.156. The fourth-order valence-corrected chi connectivity index (χ4v) is 2.86. The van der Waals surface area contributed by atoms with Crippen LogP contribution >= 0.6 is 0 Å². The summed E-state index contributed by atoms with van der Waals surface area (Å²) < 4.78 is 13.9. The lowest BCUT2D eigenvalue weighted by atomic mass is 9.97. The van der Waals surface area contributed by atoms with Crippen molar-refractivity contribution in [2.75, 3.05) is 6.54 Å². The fraction of sp³-hybridized carbons (Fsp3) is 1.00. The molecule has 1 rings (SSSR count). The summed E-state index contributed by atoms with van der Waals surface area (Å²) in [4.78, 5) is 0. The number of piperidine rings is 1. The molecule has 2 atom stereocenters. The normalized spacial score (nSPS) is 22.0. The van der Waals surface area contributed by atoms with E-state index in [1.54, 1.807) is 0 Å². The molecule has 0 amide bonds. The van der Waals surface area contributed by atoms with Gasteiger partial charge >= 0.3 is 0 Å². The van der Waals surface area contributed by atoms with E-state index in [9.17, 15) is 4.39 Å². The second kappa shape index (κ2) is 10.8. The van der Waals surface area contributed by atoms with E-state index >= 15 is 0 Å². The van der Waals surface area contributed by atoms with Crippen LogP contribution in [0.4, 0.5) is 4.39 Å². The molecule has 0 aromatic carbocycles. The van der Waals surface area contributed by atoms with E-state index in [-0.39, 0.29) is 6.04 Å². The average Bonchev–Trinajstić information content (AvgIpc) is 2.42. The van der Waals surface area contributed by atoms with Crippen LogP contribution in [-0.2, 0) is 0 Å². The zero-order valence-electron chi connectivity index (χ0n) is 12.2. The molecule has 0 aromatic rings. The standard InChI is InChI=1S/C16H32FN/c1-2-3-4-5-6-7-8-9-12-15(17)16-13-10-11-14-18-16/h15-16,18H,2-14H2,1H3. The Labute approximate surface area is 113 Å². The molecule has 1 aliphatic heterocycles. The van der Waals surface area contributed by atoms with Crippen molar-refractivity contribution in [1.29, 1.82) is 0 Å². The Hall–Kier alpha value is -0.110. The lowest BCUT2D eigenvalue weighted by Gasteiger charge is -2.26. The highest BCUT2D eigenvalue weighted by Gasteiger charge is 2.21. The molecule has 0 radical (unpaired) electrons. The third-order valence-corrected chi connectivity index (χ3v) is 4.12. The van der Waals surface area contributed by atoms with Gasteiger partial charge in [-0.1, -0.05) is 64.7 Å². The zero-order chi connectivity index (χ0) is 13.1. The highest BCUT2D eigenvalue weighted by Crippen LogP contribution is 2.18. The van der Waals surface area contributed by atoms with Crippen LogP contribution in [0.25, 0.3) is 0 Å². The van der Waals surface area contributed by atoms with Gasteiger partial charge in [-0.2, -0.15) is 0 Å². The number of unbranched alkanes of at least 4 members (excludes halogenated alkanes) is 7. The van der Waals surface area contributed by atoms with Gasteiger partial charge in [-0.25, -0.2) is 4.39 Å². The third kappa shape index (κ3) is 7.35. The first-order chi connectivity index (χ1) is 8.84. The number of halogens is 1. The minimum Gasteiger partial charge on any atom is -0.311 e. The minimum absolute atomic E-state index is 0.156. The Morgan fingerprint density at radius 3 is 2.28 bits per heavy atom. The first-order valence-corrected chi connectivity index (χ1v) is 8.22. The maximum Gasteiger partial charge on any atom is 0.115 e. The number of nitrogens with one attached hydrogen (secondary N) is 1. The van der Waals surface area contributed by atoms with Crippen LogP contribution in [0.3, 0.4) is 0 Å². The molecule has 108 valence electrons. The smallest absolute Gasteiger partial charge is 0.115 e. The van der Waals surface area contributed by atoms with Gasteiger partial charge in [-0.05, 0) is 25.8 Å². The average molecular weight is 257 g/mol. The summed E-state index contributed by atoms with van der Waals surface area (Å²) in [6.45, 7) is 3.27. The molecule has 0 spiro atoms. The molecule has 1 fully saturated rings. The lowest BCUT2D eigenvalue weighted by Crippen LogP contribution is -2.41. The Bertz CT molecular complexity index is 178. The van der Waals surface area contributed by atoms with Crippen LogP contribution in [-0.4, -0.2) is 18.8 Å². The Kier molecular flexibility index (Phi) is 9.55. The van der Waals surface area contributed by atoms with Gasteiger partial charge in [0.2, 0.25) is 0 Å². The van der Waals surface area contributed by atoms with Crippen LogP contribution in [0.5, 0.6) is 0 Å². The van der Waals surface area contributed by atoms with E-state index < -0.39 is 6.17 Å². The highest BCUT2D eigenvalue weighted by molar-refractivity contribution is 4.79. The van der Waals surface area contributed by atoms with Crippen molar-refractivity contribution in [3.8, 4) is 0 Å². The molecular formula is C16H32FN. The van der Waals surface area contributed by atoms with Crippen molar-refractivity contribution >= 4 is 0 Å². The van der Waals surface area contributed by atoms with Gasteiger partial charge in [-0.15, -0.1) is 0 Å². The fourth-order valence-electron chi connectivity index (χ4n) is 2.86. The van der Waals surface area contributed by atoms with Gasteiger partial charge in [0.25, 0.3) is 0 Å². The number of rotatable bonds is 10. The van der Waals surface area contributed by atoms with E-state index in [1.165, 1.54) is 57.8 Å². The number of hydrogen-bond acceptors (Lipinski definition) is 1. The molecule has 1 aliphatic rings. The van der Waals surface area contributed by atoms with Gasteiger partial charge in [0.05, 0.1) is 0 Å². The van der Waals surface area contributed by atoms with Crippen molar-refractivity contribution in [3.63, 3.8) is 0 Å². The Morgan fingerprint density at radius 1 is 1.00 bits per heavy atom. The van der Waals surface area contributed by atoms with Gasteiger partial charge in [0.15, 0.2) is 0 Å². The van der Waals surface area contributed by atoms with Crippen molar-refractivity contribution in [1.82, 2.24) is 5.32 Å². The van der Waals surface area contributed by atoms with E-state index in [1.807, 2.05) is 0 Å². The topological polar surface area (TPSA) is 12.0 Å². The molecule has 2 unspecified atom stereocenters. The van der Waals surface area contributed by atoms with Crippen molar-refractivity contribution in [3.05, 3.63) is 0 Å². The molecule has 0 bridgehead atoms. The number of hydrogen-bond donors (Lipinski definition) is 1. The first kappa shape index (κ1) is 15.9. The molecule has 0 aromatic heterocycles. The minimum atomic E-state index is -0.606. The SMILES string of the molecule is CCCCCCCCCCC(F)C1CCCCN1. The first-order valence-electron chi connectivity index (χ1n) is 8.22. The van der Waals surface area contributed by atoms with Crippen molar-refractivity contribution in [2.45, 2.75) is 96.2 Å². The highest BCUT2D eigenvalue weighted by atomic mass is 19.1. The summed E-state index contributed by atoms with van der Waals surface area (Å²) in [5.41, 5.74) is 0. The summed E-state index contributed by atoms with van der Waals surface area (Å²) >= 11 is 0. The van der Waals surface area contributed by atoms with Crippen molar-refractivity contribution in [2.24, 2.45) is 0 Å². The van der Waals surface area contributed by atoms with Gasteiger partial charge in [0, 0.05) is 6.04 Å². The lowest BCUT2D eigenvalue weighted by molar-refractivity contribution is 0.202. The summed E-state index contributed by atoms with van der Waals surface area (Å²) in [7, 11) is 0. The van der Waals surface area contributed by atoms with Gasteiger partial charge in [-0.3, -0.25) is 0 Å². The van der Waals surface area contributed by atoms with E-state index in [2.05, 4.69) is 12.2 Å². The summed E-state index contributed by atoms with van der Waals surface area (Å²) in [6.07, 6.45) is 14.0. The Balaban J connectivity index is 1.87. The van der Waals surface area contributed by atoms with Gasteiger partial charge in [0.1, 0.15) is 6.17 Å².